The number of hydrogen-bond donors (Lipinski definition) is 1. The SMILES string of the molecule is CS(=O)(=O)CCCNC(=O)c1cc(Cl)ncc1[N+](=O)[O-]. The normalized spacial score (nSPS) is 11.1. The van der Waals surface area contributed by atoms with Crippen molar-refractivity contribution in [2.75, 3.05) is 18.6 Å². The Morgan fingerprint density at radius 2 is 2.20 bits per heavy atom. The molecule has 0 aliphatic carbocycles. The fraction of sp³-hybridized carbons (Fsp3) is 0.400. The molecule has 0 aromatic carbocycles. The van der Waals surface area contributed by atoms with Crippen molar-refractivity contribution in [1.29, 1.82) is 0 Å². The highest BCUT2D eigenvalue weighted by molar-refractivity contribution is 7.90. The predicted octanol–water partition coefficient (Wildman–Crippen LogP) is 0.808. The van der Waals surface area contributed by atoms with Gasteiger partial charge in [0.15, 0.2) is 0 Å². The largest absolute Gasteiger partial charge is 0.352 e. The Kier molecular flexibility index (Phi) is 5.40. The molecular weight excluding hydrogens is 310 g/mol. The Morgan fingerprint density at radius 1 is 1.55 bits per heavy atom. The summed E-state index contributed by atoms with van der Waals surface area (Å²) >= 11 is 5.59. The summed E-state index contributed by atoms with van der Waals surface area (Å²) in [4.78, 5) is 25.4. The molecule has 10 heteroatoms. The molecule has 0 aliphatic heterocycles. The van der Waals surface area contributed by atoms with Crippen LogP contribution in [0.4, 0.5) is 5.69 Å². The fourth-order valence-electron chi connectivity index (χ4n) is 1.38. The minimum atomic E-state index is -3.11. The number of nitrogens with zero attached hydrogens (tertiary/aromatic N) is 2. The van der Waals surface area contributed by atoms with Crippen molar-refractivity contribution < 1.29 is 18.1 Å². The highest BCUT2D eigenvalue weighted by Crippen LogP contribution is 2.20. The molecule has 1 amide bonds. The number of carbonyl (C=O) groups is 1. The summed E-state index contributed by atoms with van der Waals surface area (Å²) in [6.07, 6.45) is 2.20. The van der Waals surface area contributed by atoms with Crippen LogP contribution in [-0.4, -0.2) is 42.8 Å². The van der Waals surface area contributed by atoms with Crippen molar-refractivity contribution >= 4 is 33.0 Å². The molecule has 0 spiro atoms. The minimum absolute atomic E-state index is 0.0446. The van der Waals surface area contributed by atoms with E-state index in [4.69, 9.17) is 11.6 Å². The van der Waals surface area contributed by atoms with Crippen molar-refractivity contribution in [2.24, 2.45) is 0 Å². The van der Waals surface area contributed by atoms with Gasteiger partial charge in [-0.05, 0) is 12.5 Å². The highest BCUT2D eigenvalue weighted by atomic mass is 35.5. The van der Waals surface area contributed by atoms with Gasteiger partial charge >= 0.3 is 0 Å². The van der Waals surface area contributed by atoms with E-state index in [1.807, 2.05) is 0 Å². The zero-order valence-electron chi connectivity index (χ0n) is 10.5. The number of rotatable bonds is 6. The first-order valence-corrected chi connectivity index (χ1v) is 7.90. The Hall–Kier alpha value is -1.74. The summed E-state index contributed by atoms with van der Waals surface area (Å²) in [6, 6.07) is 1.09. The van der Waals surface area contributed by atoms with Gasteiger partial charge in [0.2, 0.25) is 0 Å². The van der Waals surface area contributed by atoms with E-state index in [1.54, 1.807) is 0 Å². The number of halogens is 1. The number of pyridine rings is 1. The number of hydrogen-bond acceptors (Lipinski definition) is 6. The third-order valence-electron chi connectivity index (χ3n) is 2.27. The molecule has 1 heterocycles. The first-order chi connectivity index (χ1) is 9.20. The van der Waals surface area contributed by atoms with Crippen LogP contribution >= 0.6 is 11.6 Å². The Bertz CT molecular complexity index is 632. The van der Waals surface area contributed by atoms with Gasteiger partial charge in [0.1, 0.15) is 26.8 Å². The average molecular weight is 322 g/mol. The Balaban J connectivity index is 2.72. The molecule has 1 rings (SSSR count). The molecule has 0 saturated heterocycles. The summed E-state index contributed by atoms with van der Waals surface area (Å²) in [6.45, 7) is 0.0863. The van der Waals surface area contributed by atoms with Crippen LogP contribution < -0.4 is 5.32 Å². The fourth-order valence-corrected chi connectivity index (χ4v) is 2.21. The molecule has 0 aliphatic rings. The van der Waals surface area contributed by atoms with Crippen LogP contribution in [0.15, 0.2) is 12.3 Å². The maximum absolute atomic E-state index is 11.8. The van der Waals surface area contributed by atoms with Crippen molar-refractivity contribution in [3.63, 3.8) is 0 Å². The molecule has 1 aromatic heterocycles. The third-order valence-corrected chi connectivity index (χ3v) is 3.51. The van der Waals surface area contributed by atoms with Gasteiger partial charge in [-0.15, -0.1) is 0 Å². The van der Waals surface area contributed by atoms with Crippen LogP contribution in [0.1, 0.15) is 16.8 Å². The number of carbonyl (C=O) groups excluding carboxylic acids is 1. The van der Waals surface area contributed by atoms with E-state index in [1.165, 1.54) is 0 Å². The first-order valence-electron chi connectivity index (χ1n) is 5.46. The zero-order valence-corrected chi connectivity index (χ0v) is 12.1. The maximum atomic E-state index is 11.8. The molecule has 20 heavy (non-hydrogen) atoms. The van der Waals surface area contributed by atoms with Crippen molar-refractivity contribution in [3.8, 4) is 0 Å². The van der Waals surface area contributed by atoms with Gasteiger partial charge in [0.25, 0.3) is 11.6 Å². The summed E-state index contributed by atoms with van der Waals surface area (Å²) in [5, 5.41) is 13.1. The smallest absolute Gasteiger partial charge is 0.300 e. The molecular formula is C10H12ClN3O5S. The van der Waals surface area contributed by atoms with E-state index in [2.05, 4.69) is 10.3 Å². The van der Waals surface area contributed by atoms with Crippen molar-refractivity contribution in [3.05, 3.63) is 33.1 Å². The van der Waals surface area contributed by atoms with Gasteiger partial charge in [0.05, 0.1) is 10.7 Å². The molecule has 0 saturated carbocycles. The van der Waals surface area contributed by atoms with Gasteiger partial charge in [-0.25, -0.2) is 13.4 Å². The molecule has 0 unspecified atom stereocenters. The van der Waals surface area contributed by atoms with E-state index in [0.29, 0.717) is 0 Å². The second-order valence-electron chi connectivity index (χ2n) is 4.02. The van der Waals surface area contributed by atoms with Gasteiger partial charge in [0, 0.05) is 12.8 Å². The topological polar surface area (TPSA) is 119 Å². The second-order valence-corrected chi connectivity index (χ2v) is 6.67. The maximum Gasteiger partial charge on any atom is 0.300 e. The molecule has 110 valence electrons. The molecule has 0 radical (unpaired) electrons. The molecule has 0 atom stereocenters. The summed E-state index contributed by atoms with van der Waals surface area (Å²) in [7, 11) is -3.11. The van der Waals surface area contributed by atoms with Crippen LogP contribution in [0.3, 0.4) is 0 Å². The van der Waals surface area contributed by atoms with Gasteiger partial charge < -0.3 is 5.32 Å². The molecule has 0 bridgehead atoms. The number of aromatic nitrogens is 1. The van der Waals surface area contributed by atoms with Crippen molar-refractivity contribution in [1.82, 2.24) is 10.3 Å². The standard InChI is InChI=1S/C10H12ClN3O5S/c1-20(18,19)4-2-3-12-10(15)7-5-9(11)13-6-8(7)14(16)17/h5-6H,2-4H2,1H3,(H,12,15). The summed E-state index contributed by atoms with van der Waals surface area (Å²) in [5.74, 6) is -0.776. The third kappa shape index (κ3) is 5.10. The highest BCUT2D eigenvalue weighted by Gasteiger charge is 2.21. The Morgan fingerprint density at radius 3 is 2.75 bits per heavy atom. The lowest BCUT2D eigenvalue weighted by atomic mass is 10.2. The Labute approximate surface area is 120 Å². The van der Waals surface area contributed by atoms with Crippen LogP contribution in [-0.2, 0) is 9.84 Å². The van der Waals surface area contributed by atoms with E-state index >= 15 is 0 Å². The van der Waals surface area contributed by atoms with E-state index in [9.17, 15) is 23.3 Å². The van der Waals surface area contributed by atoms with Crippen molar-refractivity contribution in [2.45, 2.75) is 6.42 Å². The van der Waals surface area contributed by atoms with Crippen LogP contribution in [0, 0.1) is 10.1 Å². The zero-order chi connectivity index (χ0) is 15.3. The lowest BCUT2D eigenvalue weighted by Gasteiger charge is -2.05. The quantitative estimate of drug-likeness (QED) is 0.358. The lowest BCUT2D eigenvalue weighted by molar-refractivity contribution is -0.385. The number of amides is 1. The molecule has 1 aromatic rings. The van der Waals surface area contributed by atoms with E-state index in [-0.39, 0.29) is 29.4 Å². The van der Waals surface area contributed by atoms with Gasteiger partial charge in [-0.1, -0.05) is 11.6 Å². The first kappa shape index (κ1) is 16.3. The number of sulfone groups is 1. The second kappa shape index (κ2) is 6.62. The molecule has 0 fully saturated rings. The summed E-state index contributed by atoms with van der Waals surface area (Å²) in [5.41, 5.74) is -0.677. The summed E-state index contributed by atoms with van der Waals surface area (Å²) < 4.78 is 21.8. The number of nitrogens with one attached hydrogen (secondary N) is 1. The number of nitro groups is 1. The average Bonchev–Trinajstić information content (AvgIpc) is 2.32. The predicted molar refractivity (Wildman–Crippen MR) is 72.6 cm³/mol. The van der Waals surface area contributed by atoms with Crippen LogP contribution in [0.2, 0.25) is 5.15 Å². The van der Waals surface area contributed by atoms with E-state index in [0.717, 1.165) is 18.5 Å². The minimum Gasteiger partial charge on any atom is -0.352 e. The van der Waals surface area contributed by atoms with E-state index < -0.39 is 26.4 Å². The molecule has 1 N–H and O–H groups in total. The van der Waals surface area contributed by atoms with Gasteiger partial charge in [-0.2, -0.15) is 0 Å². The lowest BCUT2D eigenvalue weighted by Crippen LogP contribution is -2.26. The van der Waals surface area contributed by atoms with Crippen LogP contribution in [0.25, 0.3) is 0 Å². The van der Waals surface area contributed by atoms with Gasteiger partial charge in [-0.3, -0.25) is 14.9 Å². The monoisotopic (exact) mass is 321 g/mol. The molecule has 8 nitrogen and oxygen atoms in total. The van der Waals surface area contributed by atoms with Crippen LogP contribution in [0.5, 0.6) is 0 Å².